The topological polar surface area (TPSA) is 24.5 Å². The van der Waals surface area contributed by atoms with E-state index >= 15 is 0 Å². The molecular weight excluding hydrogens is 200 g/mol. The van der Waals surface area contributed by atoms with E-state index in [0.29, 0.717) is 0 Å². The van der Waals surface area contributed by atoms with Gasteiger partial charge in [0.2, 0.25) is 0 Å². The summed E-state index contributed by atoms with van der Waals surface area (Å²) < 4.78 is 5.08. The highest BCUT2D eigenvalue weighted by molar-refractivity contribution is 4.80. The average Bonchev–Trinajstić information content (AvgIpc) is 2.73. The van der Waals surface area contributed by atoms with Gasteiger partial charge in [-0.3, -0.25) is 4.90 Å². The number of likely N-dealkylation sites (tertiary alicyclic amines) is 1. The summed E-state index contributed by atoms with van der Waals surface area (Å²) in [5.74, 6) is 0. The molecule has 0 spiro atoms. The van der Waals surface area contributed by atoms with Gasteiger partial charge >= 0.3 is 0 Å². The van der Waals surface area contributed by atoms with Crippen molar-refractivity contribution in [2.45, 2.75) is 45.1 Å². The fourth-order valence-electron chi connectivity index (χ4n) is 2.43. The minimum Gasteiger partial charge on any atom is -0.385 e. The van der Waals surface area contributed by atoms with Gasteiger partial charge in [0.1, 0.15) is 0 Å². The Morgan fingerprint density at radius 3 is 3.00 bits per heavy atom. The highest BCUT2D eigenvalue weighted by Crippen LogP contribution is 2.16. The third-order valence-corrected chi connectivity index (χ3v) is 3.35. The number of nitrogens with one attached hydrogen (secondary N) is 1. The Morgan fingerprint density at radius 1 is 1.38 bits per heavy atom. The molecule has 0 aromatic heterocycles. The van der Waals surface area contributed by atoms with E-state index in [4.69, 9.17) is 4.74 Å². The zero-order chi connectivity index (χ0) is 11.6. The lowest BCUT2D eigenvalue weighted by molar-refractivity contribution is 0.180. The van der Waals surface area contributed by atoms with Crippen molar-refractivity contribution in [3.05, 3.63) is 0 Å². The molecule has 1 aliphatic rings. The van der Waals surface area contributed by atoms with Gasteiger partial charge in [-0.05, 0) is 51.7 Å². The van der Waals surface area contributed by atoms with Crippen LogP contribution >= 0.6 is 0 Å². The maximum atomic E-state index is 5.08. The van der Waals surface area contributed by atoms with E-state index < -0.39 is 0 Å². The van der Waals surface area contributed by atoms with Crippen LogP contribution in [0.2, 0.25) is 0 Å². The molecule has 1 aliphatic heterocycles. The summed E-state index contributed by atoms with van der Waals surface area (Å²) in [6.45, 7) is 8.02. The average molecular weight is 228 g/mol. The standard InChI is InChI=1S/C13H28N2O/c1-3-8-14-12-13-7-6-10-15(13)9-4-5-11-16-2/h13-14H,3-12H2,1-2H3. The fraction of sp³-hybridized carbons (Fsp3) is 1.00. The van der Waals surface area contributed by atoms with Crippen LogP contribution in [-0.4, -0.2) is 50.8 Å². The zero-order valence-corrected chi connectivity index (χ0v) is 11.0. The first-order valence-corrected chi connectivity index (χ1v) is 6.82. The Labute approximate surface area is 101 Å². The predicted octanol–water partition coefficient (Wildman–Crippen LogP) is 1.88. The van der Waals surface area contributed by atoms with Gasteiger partial charge in [0, 0.05) is 26.3 Å². The third-order valence-electron chi connectivity index (χ3n) is 3.35. The van der Waals surface area contributed by atoms with Crippen molar-refractivity contribution in [3.63, 3.8) is 0 Å². The summed E-state index contributed by atoms with van der Waals surface area (Å²) in [5.41, 5.74) is 0. The van der Waals surface area contributed by atoms with Crippen molar-refractivity contribution in [1.29, 1.82) is 0 Å². The summed E-state index contributed by atoms with van der Waals surface area (Å²) in [6, 6.07) is 0.786. The Bertz CT molecular complexity index is 164. The SMILES string of the molecule is CCCNCC1CCCN1CCCCOC. The van der Waals surface area contributed by atoms with Gasteiger partial charge in [0.25, 0.3) is 0 Å². The number of methoxy groups -OCH3 is 1. The molecule has 1 fully saturated rings. The van der Waals surface area contributed by atoms with Crippen molar-refractivity contribution >= 4 is 0 Å². The molecular formula is C13H28N2O. The van der Waals surface area contributed by atoms with Crippen LogP contribution in [0.3, 0.4) is 0 Å². The summed E-state index contributed by atoms with van der Waals surface area (Å²) in [6.07, 6.45) is 6.46. The number of rotatable bonds is 9. The lowest BCUT2D eigenvalue weighted by Gasteiger charge is -2.24. The smallest absolute Gasteiger partial charge is 0.0462 e. The molecule has 1 rings (SSSR count). The minimum atomic E-state index is 0.786. The predicted molar refractivity (Wildman–Crippen MR) is 68.9 cm³/mol. The molecule has 0 amide bonds. The minimum absolute atomic E-state index is 0.786. The van der Waals surface area contributed by atoms with Gasteiger partial charge in [-0.1, -0.05) is 6.92 Å². The van der Waals surface area contributed by atoms with E-state index in [-0.39, 0.29) is 0 Å². The molecule has 1 heterocycles. The molecule has 96 valence electrons. The monoisotopic (exact) mass is 228 g/mol. The molecule has 3 nitrogen and oxygen atoms in total. The lowest BCUT2D eigenvalue weighted by Crippen LogP contribution is -2.38. The lowest BCUT2D eigenvalue weighted by atomic mass is 10.2. The zero-order valence-electron chi connectivity index (χ0n) is 11.0. The van der Waals surface area contributed by atoms with Crippen LogP contribution < -0.4 is 5.32 Å². The maximum Gasteiger partial charge on any atom is 0.0462 e. The van der Waals surface area contributed by atoms with E-state index in [1.807, 2.05) is 0 Å². The van der Waals surface area contributed by atoms with Gasteiger partial charge in [0.15, 0.2) is 0 Å². The van der Waals surface area contributed by atoms with Gasteiger partial charge < -0.3 is 10.1 Å². The largest absolute Gasteiger partial charge is 0.385 e. The van der Waals surface area contributed by atoms with Crippen LogP contribution in [0, 0.1) is 0 Å². The third kappa shape index (κ3) is 5.28. The first-order chi connectivity index (χ1) is 7.88. The number of hydrogen-bond acceptors (Lipinski definition) is 3. The van der Waals surface area contributed by atoms with Gasteiger partial charge in [-0.15, -0.1) is 0 Å². The van der Waals surface area contributed by atoms with Gasteiger partial charge in [-0.25, -0.2) is 0 Å². The molecule has 1 saturated heterocycles. The van der Waals surface area contributed by atoms with E-state index in [9.17, 15) is 0 Å². The first kappa shape index (κ1) is 13.9. The van der Waals surface area contributed by atoms with Crippen LogP contribution in [0.1, 0.15) is 39.0 Å². The molecule has 1 unspecified atom stereocenters. The molecule has 0 saturated carbocycles. The number of unbranched alkanes of at least 4 members (excludes halogenated alkanes) is 1. The normalized spacial score (nSPS) is 21.8. The Hall–Kier alpha value is -0.120. The highest BCUT2D eigenvalue weighted by atomic mass is 16.5. The molecule has 0 bridgehead atoms. The number of ether oxygens (including phenoxy) is 1. The van der Waals surface area contributed by atoms with E-state index in [1.165, 1.54) is 51.7 Å². The molecule has 16 heavy (non-hydrogen) atoms. The molecule has 0 aromatic rings. The Morgan fingerprint density at radius 2 is 2.25 bits per heavy atom. The van der Waals surface area contributed by atoms with Crippen LogP contribution in [0.25, 0.3) is 0 Å². The highest BCUT2D eigenvalue weighted by Gasteiger charge is 2.22. The van der Waals surface area contributed by atoms with E-state index in [2.05, 4.69) is 17.1 Å². The van der Waals surface area contributed by atoms with Crippen molar-refractivity contribution in [1.82, 2.24) is 10.2 Å². The van der Waals surface area contributed by atoms with Crippen molar-refractivity contribution < 1.29 is 4.74 Å². The van der Waals surface area contributed by atoms with Crippen LogP contribution in [0.5, 0.6) is 0 Å². The molecule has 0 radical (unpaired) electrons. The van der Waals surface area contributed by atoms with E-state index in [0.717, 1.165) is 19.2 Å². The second kappa shape index (κ2) is 8.97. The van der Waals surface area contributed by atoms with E-state index in [1.54, 1.807) is 7.11 Å². The number of nitrogens with zero attached hydrogens (tertiary/aromatic N) is 1. The van der Waals surface area contributed by atoms with Crippen molar-refractivity contribution in [3.8, 4) is 0 Å². The second-order valence-electron chi connectivity index (χ2n) is 4.74. The summed E-state index contributed by atoms with van der Waals surface area (Å²) in [4.78, 5) is 2.65. The molecule has 0 aliphatic carbocycles. The van der Waals surface area contributed by atoms with Crippen molar-refractivity contribution in [2.75, 3.05) is 39.9 Å². The van der Waals surface area contributed by atoms with Gasteiger partial charge in [-0.2, -0.15) is 0 Å². The Kier molecular flexibility index (Phi) is 7.81. The molecule has 1 N–H and O–H groups in total. The van der Waals surface area contributed by atoms with Crippen molar-refractivity contribution in [2.24, 2.45) is 0 Å². The van der Waals surface area contributed by atoms with Crippen LogP contribution in [-0.2, 0) is 4.74 Å². The maximum absolute atomic E-state index is 5.08. The quantitative estimate of drug-likeness (QED) is 0.610. The van der Waals surface area contributed by atoms with Crippen LogP contribution in [0.4, 0.5) is 0 Å². The first-order valence-electron chi connectivity index (χ1n) is 6.82. The Balaban J connectivity index is 2.08. The number of hydrogen-bond donors (Lipinski definition) is 1. The molecule has 1 atom stereocenters. The fourth-order valence-corrected chi connectivity index (χ4v) is 2.43. The molecule has 3 heteroatoms. The molecule has 0 aromatic carbocycles. The van der Waals surface area contributed by atoms with Gasteiger partial charge in [0.05, 0.1) is 0 Å². The van der Waals surface area contributed by atoms with Crippen LogP contribution in [0.15, 0.2) is 0 Å². The second-order valence-corrected chi connectivity index (χ2v) is 4.74. The summed E-state index contributed by atoms with van der Waals surface area (Å²) in [5, 5.41) is 3.54. The summed E-state index contributed by atoms with van der Waals surface area (Å²) in [7, 11) is 1.79. The summed E-state index contributed by atoms with van der Waals surface area (Å²) >= 11 is 0.